The maximum atomic E-state index is 6.03. The van der Waals surface area contributed by atoms with Gasteiger partial charge in [0.05, 0.1) is 0 Å². The van der Waals surface area contributed by atoms with E-state index in [0.717, 1.165) is 32.6 Å². The van der Waals surface area contributed by atoms with Crippen LogP contribution in [0.3, 0.4) is 0 Å². The molecule has 0 aromatic heterocycles. The molecule has 0 aliphatic rings. The van der Waals surface area contributed by atoms with E-state index in [0.29, 0.717) is 5.92 Å². The number of rotatable bonds is 11. The molecule has 16 heavy (non-hydrogen) atoms. The highest BCUT2D eigenvalue weighted by Gasteiger charge is 2.09. The van der Waals surface area contributed by atoms with Crippen molar-refractivity contribution in [2.45, 2.75) is 58.4 Å². The van der Waals surface area contributed by atoms with Crippen LogP contribution in [0.25, 0.3) is 0 Å². The first-order chi connectivity index (χ1) is 7.74. The molecule has 0 aromatic carbocycles. The molecule has 3 heteroatoms. The van der Waals surface area contributed by atoms with Crippen LogP contribution >= 0.6 is 0 Å². The van der Waals surface area contributed by atoms with Gasteiger partial charge in [-0.15, -0.1) is 0 Å². The third kappa shape index (κ3) is 9.13. The minimum atomic E-state index is 0.280. The molecule has 2 atom stereocenters. The van der Waals surface area contributed by atoms with Gasteiger partial charge >= 0.3 is 0 Å². The van der Waals surface area contributed by atoms with Crippen molar-refractivity contribution in [3.05, 3.63) is 0 Å². The van der Waals surface area contributed by atoms with Crippen molar-refractivity contribution < 1.29 is 4.74 Å². The lowest BCUT2D eigenvalue weighted by atomic mass is 9.94. The molecule has 0 bridgehead atoms. The highest BCUT2D eigenvalue weighted by atomic mass is 16.5. The smallest absolute Gasteiger partial charge is 0.0480 e. The fraction of sp³-hybridized carbons (Fsp3) is 1.00. The summed E-state index contributed by atoms with van der Waals surface area (Å²) >= 11 is 0. The molecule has 0 saturated heterocycles. The van der Waals surface area contributed by atoms with E-state index in [-0.39, 0.29) is 6.04 Å². The molecule has 2 unspecified atom stereocenters. The SMILES string of the molecule is CCCCC(CN)CCC(N)CCOCC. The molecule has 4 N–H and O–H groups in total. The zero-order valence-electron chi connectivity index (χ0n) is 11.1. The summed E-state index contributed by atoms with van der Waals surface area (Å²) in [5, 5.41) is 0. The molecule has 0 aliphatic carbocycles. The zero-order valence-corrected chi connectivity index (χ0v) is 11.1. The highest BCUT2D eigenvalue weighted by molar-refractivity contribution is 4.66. The van der Waals surface area contributed by atoms with Gasteiger partial charge in [0.2, 0.25) is 0 Å². The van der Waals surface area contributed by atoms with Gasteiger partial charge in [-0.2, -0.15) is 0 Å². The first-order valence-electron chi connectivity index (χ1n) is 6.77. The lowest BCUT2D eigenvalue weighted by Gasteiger charge is -2.17. The predicted molar refractivity (Wildman–Crippen MR) is 70.4 cm³/mol. The Morgan fingerprint density at radius 2 is 1.81 bits per heavy atom. The average molecular weight is 230 g/mol. The molecule has 0 aromatic rings. The van der Waals surface area contributed by atoms with Crippen LogP contribution in [0.1, 0.15) is 52.4 Å². The van der Waals surface area contributed by atoms with Gasteiger partial charge in [-0.1, -0.05) is 19.8 Å². The third-order valence-corrected chi connectivity index (χ3v) is 3.08. The van der Waals surface area contributed by atoms with E-state index in [9.17, 15) is 0 Å². The van der Waals surface area contributed by atoms with Gasteiger partial charge in [0, 0.05) is 19.3 Å². The minimum Gasteiger partial charge on any atom is -0.382 e. The minimum absolute atomic E-state index is 0.280. The molecular formula is C13H30N2O. The standard InChI is InChI=1S/C13H30N2O/c1-3-5-6-12(11-14)7-8-13(15)9-10-16-4-2/h12-13H,3-11,14-15H2,1-2H3. The fourth-order valence-corrected chi connectivity index (χ4v) is 1.85. The molecule has 0 aliphatic heterocycles. The van der Waals surface area contributed by atoms with Crippen LogP contribution in [-0.2, 0) is 4.74 Å². The number of nitrogens with two attached hydrogens (primary N) is 2. The van der Waals surface area contributed by atoms with Crippen LogP contribution < -0.4 is 11.5 Å². The van der Waals surface area contributed by atoms with Crippen LogP contribution in [0.2, 0.25) is 0 Å². The van der Waals surface area contributed by atoms with Crippen LogP contribution in [0.15, 0.2) is 0 Å². The van der Waals surface area contributed by atoms with Gasteiger partial charge in [-0.3, -0.25) is 0 Å². The lowest BCUT2D eigenvalue weighted by molar-refractivity contribution is 0.138. The Morgan fingerprint density at radius 1 is 1.06 bits per heavy atom. The third-order valence-electron chi connectivity index (χ3n) is 3.08. The van der Waals surface area contributed by atoms with E-state index in [1.165, 1.54) is 25.7 Å². The Kier molecular flexibility index (Phi) is 11.3. The molecule has 3 nitrogen and oxygen atoms in total. The molecule has 0 saturated carbocycles. The lowest BCUT2D eigenvalue weighted by Crippen LogP contribution is -2.24. The monoisotopic (exact) mass is 230 g/mol. The van der Waals surface area contributed by atoms with Gasteiger partial charge in [0.25, 0.3) is 0 Å². The number of hydrogen-bond donors (Lipinski definition) is 2. The molecule has 0 amide bonds. The van der Waals surface area contributed by atoms with Crippen molar-refractivity contribution in [1.29, 1.82) is 0 Å². The quantitative estimate of drug-likeness (QED) is 0.535. The second kappa shape index (κ2) is 11.4. The first-order valence-corrected chi connectivity index (χ1v) is 6.77. The summed E-state index contributed by atoms with van der Waals surface area (Å²) < 4.78 is 5.30. The van der Waals surface area contributed by atoms with E-state index in [1.54, 1.807) is 0 Å². The Morgan fingerprint density at radius 3 is 2.38 bits per heavy atom. The topological polar surface area (TPSA) is 61.3 Å². The van der Waals surface area contributed by atoms with Crippen molar-refractivity contribution >= 4 is 0 Å². The van der Waals surface area contributed by atoms with Crippen LogP contribution in [0, 0.1) is 5.92 Å². The summed E-state index contributed by atoms with van der Waals surface area (Å²) in [5.74, 6) is 0.665. The summed E-state index contributed by atoms with van der Waals surface area (Å²) in [6.07, 6.45) is 7.02. The van der Waals surface area contributed by atoms with Crippen molar-refractivity contribution in [2.75, 3.05) is 19.8 Å². The van der Waals surface area contributed by atoms with Crippen molar-refractivity contribution in [3.63, 3.8) is 0 Å². The van der Waals surface area contributed by atoms with E-state index >= 15 is 0 Å². The molecule has 98 valence electrons. The van der Waals surface area contributed by atoms with E-state index < -0.39 is 0 Å². The largest absolute Gasteiger partial charge is 0.382 e. The van der Waals surface area contributed by atoms with Gasteiger partial charge < -0.3 is 16.2 Å². The number of hydrogen-bond acceptors (Lipinski definition) is 3. The Bertz CT molecular complexity index is 142. The summed E-state index contributed by atoms with van der Waals surface area (Å²) in [4.78, 5) is 0. The zero-order chi connectivity index (χ0) is 12.2. The average Bonchev–Trinajstić information content (AvgIpc) is 2.30. The molecule has 0 spiro atoms. The van der Waals surface area contributed by atoms with Crippen LogP contribution in [0.4, 0.5) is 0 Å². The normalized spacial score (nSPS) is 15.0. The Hall–Kier alpha value is -0.120. The maximum absolute atomic E-state index is 6.03. The van der Waals surface area contributed by atoms with Gasteiger partial charge in [-0.25, -0.2) is 0 Å². The molecule has 0 rings (SSSR count). The molecular weight excluding hydrogens is 200 g/mol. The summed E-state index contributed by atoms with van der Waals surface area (Å²) in [6, 6.07) is 0.280. The predicted octanol–water partition coefficient (Wildman–Crippen LogP) is 2.29. The maximum Gasteiger partial charge on any atom is 0.0480 e. The second-order valence-corrected chi connectivity index (χ2v) is 4.57. The molecule has 0 radical (unpaired) electrons. The number of unbranched alkanes of at least 4 members (excludes halogenated alkanes) is 1. The van der Waals surface area contributed by atoms with Crippen LogP contribution in [-0.4, -0.2) is 25.8 Å². The van der Waals surface area contributed by atoms with Gasteiger partial charge in [0.15, 0.2) is 0 Å². The fourth-order valence-electron chi connectivity index (χ4n) is 1.85. The number of ether oxygens (including phenoxy) is 1. The van der Waals surface area contributed by atoms with Crippen molar-refractivity contribution in [2.24, 2.45) is 17.4 Å². The van der Waals surface area contributed by atoms with E-state index in [1.807, 2.05) is 6.92 Å². The van der Waals surface area contributed by atoms with Crippen LogP contribution in [0.5, 0.6) is 0 Å². The molecule has 0 heterocycles. The Labute approximate surface area is 101 Å². The summed E-state index contributed by atoms with van der Waals surface area (Å²) in [5.41, 5.74) is 11.8. The van der Waals surface area contributed by atoms with Gasteiger partial charge in [0.1, 0.15) is 0 Å². The Balaban J connectivity index is 3.50. The van der Waals surface area contributed by atoms with Crippen molar-refractivity contribution in [1.82, 2.24) is 0 Å². The second-order valence-electron chi connectivity index (χ2n) is 4.57. The summed E-state index contributed by atoms with van der Waals surface area (Å²) in [6.45, 7) is 6.62. The highest BCUT2D eigenvalue weighted by Crippen LogP contribution is 2.15. The summed E-state index contributed by atoms with van der Waals surface area (Å²) in [7, 11) is 0. The van der Waals surface area contributed by atoms with E-state index in [4.69, 9.17) is 16.2 Å². The molecule has 0 fully saturated rings. The van der Waals surface area contributed by atoms with E-state index in [2.05, 4.69) is 6.92 Å². The first kappa shape index (κ1) is 15.9. The van der Waals surface area contributed by atoms with Gasteiger partial charge in [-0.05, 0) is 45.1 Å². The van der Waals surface area contributed by atoms with Crippen molar-refractivity contribution in [3.8, 4) is 0 Å².